The topological polar surface area (TPSA) is 23.6 Å². The van der Waals surface area contributed by atoms with E-state index >= 15 is 0 Å². The number of likely N-dealkylation sites (N-methyl/N-ethyl adjacent to an activating group) is 1. The summed E-state index contributed by atoms with van der Waals surface area (Å²) in [5, 5.41) is 0. The average Bonchev–Trinajstić information content (AvgIpc) is 2.33. The number of nitrogens with zero attached hydrogens (tertiary/aromatic N) is 2. The maximum absolute atomic E-state index is 10.9. The fourth-order valence-electron chi connectivity index (χ4n) is 1.45. The first-order valence-electron chi connectivity index (χ1n) is 4.03. The normalized spacial score (nSPS) is 24.7. The minimum absolute atomic E-state index is 0.203. The van der Waals surface area contributed by atoms with E-state index in [1.54, 1.807) is 6.92 Å². The fourth-order valence-corrected chi connectivity index (χ4v) is 1.45. The third-order valence-corrected chi connectivity index (χ3v) is 2.34. The highest BCUT2D eigenvalue weighted by atomic mass is 16.2. The monoisotopic (exact) mass is 156 g/mol. The molecule has 3 nitrogen and oxygen atoms in total. The zero-order valence-corrected chi connectivity index (χ0v) is 7.50. The van der Waals surface area contributed by atoms with Crippen molar-refractivity contribution in [2.75, 3.05) is 27.2 Å². The quantitative estimate of drug-likeness (QED) is 0.540. The van der Waals surface area contributed by atoms with Crippen molar-refractivity contribution in [3.8, 4) is 0 Å². The molecule has 1 fully saturated rings. The van der Waals surface area contributed by atoms with Gasteiger partial charge in [-0.1, -0.05) is 0 Å². The van der Waals surface area contributed by atoms with Crippen LogP contribution in [0.2, 0.25) is 0 Å². The minimum Gasteiger partial charge on any atom is -0.341 e. The lowest BCUT2D eigenvalue weighted by Gasteiger charge is -2.19. The van der Waals surface area contributed by atoms with Gasteiger partial charge in [0, 0.05) is 26.1 Å². The van der Waals surface area contributed by atoms with Gasteiger partial charge in [-0.15, -0.1) is 0 Å². The van der Waals surface area contributed by atoms with Gasteiger partial charge in [0.15, 0.2) is 0 Å². The van der Waals surface area contributed by atoms with Gasteiger partial charge in [-0.05, 0) is 20.5 Å². The molecule has 0 aliphatic carbocycles. The van der Waals surface area contributed by atoms with Crippen LogP contribution in [0.3, 0.4) is 0 Å². The van der Waals surface area contributed by atoms with Crippen LogP contribution in [0.15, 0.2) is 0 Å². The molecule has 0 N–H and O–H groups in total. The lowest BCUT2D eigenvalue weighted by atomic mass is 10.2. The van der Waals surface area contributed by atoms with Gasteiger partial charge in [-0.25, -0.2) is 0 Å². The number of rotatable bonds is 1. The predicted molar refractivity (Wildman–Crippen MR) is 44.3 cm³/mol. The number of hydrogen-bond acceptors (Lipinski definition) is 2. The molecule has 1 saturated heterocycles. The van der Waals surface area contributed by atoms with Crippen molar-refractivity contribution in [1.29, 1.82) is 0 Å². The van der Waals surface area contributed by atoms with Gasteiger partial charge in [0.1, 0.15) is 0 Å². The Morgan fingerprint density at radius 3 is 2.45 bits per heavy atom. The zero-order chi connectivity index (χ0) is 8.43. The fraction of sp³-hybridized carbons (Fsp3) is 0.875. The molecule has 1 aliphatic rings. The number of likely N-dealkylation sites (tertiary alicyclic amines) is 1. The van der Waals surface area contributed by atoms with Gasteiger partial charge >= 0.3 is 0 Å². The van der Waals surface area contributed by atoms with E-state index in [9.17, 15) is 4.79 Å². The van der Waals surface area contributed by atoms with Gasteiger partial charge in [-0.2, -0.15) is 0 Å². The summed E-state index contributed by atoms with van der Waals surface area (Å²) < 4.78 is 0. The highest BCUT2D eigenvalue weighted by molar-refractivity contribution is 5.73. The second kappa shape index (κ2) is 3.22. The molecule has 1 amide bonds. The molecule has 0 aromatic carbocycles. The van der Waals surface area contributed by atoms with Crippen molar-refractivity contribution >= 4 is 5.91 Å². The summed E-state index contributed by atoms with van der Waals surface area (Å²) in [7, 11) is 4.13. The zero-order valence-electron chi connectivity index (χ0n) is 7.50. The van der Waals surface area contributed by atoms with Gasteiger partial charge < -0.3 is 9.80 Å². The largest absolute Gasteiger partial charge is 0.341 e. The van der Waals surface area contributed by atoms with Crippen LogP contribution in [0.25, 0.3) is 0 Å². The van der Waals surface area contributed by atoms with E-state index in [0.717, 1.165) is 19.5 Å². The molecule has 1 rings (SSSR count). The third-order valence-electron chi connectivity index (χ3n) is 2.34. The van der Waals surface area contributed by atoms with Gasteiger partial charge in [-0.3, -0.25) is 4.79 Å². The Bertz CT molecular complexity index is 156. The Morgan fingerprint density at radius 1 is 1.55 bits per heavy atom. The molecule has 11 heavy (non-hydrogen) atoms. The first kappa shape index (κ1) is 8.53. The molecular formula is C8H16N2O. The second-order valence-electron chi connectivity index (χ2n) is 3.37. The van der Waals surface area contributed by atoms with E-state index in [1.165, 1.54) is 0 Å². The molecular weight excluding hydrogens is 140 g/mol. The molecule has 0 bridgehead atoms. The highest BCUT2D eigenvalue weighted by Crippen LogP contribution is 2.12. The first-order valence-corrected chi connectivity index (χ1v) is 4.03. The third kappa shape index (κ3) is 1.93. The van der Waals surface area contributed by atoms with Gasteiger partial charge in [0.25, 0.3) is 0 Å². The predicted octanol–water partition coefficient (Wildman–Crippen LogP) is 0.169. The van der Waals surface area contributed by atoms with E-state index in [1.807, 2.05) is 4.90 Å². The Hall–Kier alpha value is -0.570. The second-order valence-corrected chi connectivity index (χ2v) is 3.37. The number of carbonyl (C=O) groups excluding carboxylic acids is 1. The highest BCUT2D eigenvalue weighted by Gasteiger charge is 2.24. The molecule has 0 unspecified atom stereocenters. The Balaban J connectivity index is 2.41. The van der Waals surface area contributed by atoms with Crippen molar-refractivity contribution in [3.63, 3.8) is 0 Å². The van der Waals surface area contributed by atoms with Crippen LogP contribution < -0.4 is 0 Å². The maximum Gasteiger partial charge on any atom is 0.219 e. The van der Waals surface area contributed by atoms with Gasteiger partial charge in [0.05, 0.1) is 0 Å². The molecule has 0 aromatic heterocycles. The van der Waals surface area contributed by atoms with Crippen LogP contribution in [0.5, 0.6) is 0 Å². The molecule has 1 aliphatic heterocycles. The Morgan fingerprint density at radius 2 is 2.18 bits per heavy atom. The van der Waals surface area contributed by atoms with Crippen molar-refractivity contribution in [2.24, 2.45) is 0 Å². The van der Waals surface area contributed by atoms with E-state index in [-0.39, 0.29) is 5.91 Å². The van der Waals surface area contributed by atoms with E-state index in [4.69, 9.17) is 0 Å². The van der Waals surface area contributed by atoms with Crippen LogP contribution in [0, 0.1) is 0 Å². The van der Waals surface area contributed by atoms with E-state index in [0.29, 0.717) is 6.04 Å². The number of carbonyl (C=O) groups is 1. The lowest BCUT2D eigenvalue weighted by molar-refractivity contribution is -0.127. The van der Waals surface area contributed by atoms with Crippen LogP contribution in [-0.4, -0.2) is 48.9 Å². The summed E-state index contributed by atoms with van der Waals surface area (Å²) in [6, 6.07) is 0.568. The smallest absolute Gasteiger partial charge is 0.219 e. The molecule has 0 aromatic rings. The number of amides is 1. The summed E-state index contributed by atoms with van der Waals surface area (Å²) in [5.41, 5.74) is 0. The first-order chi connectivity index (χ1) is 5.11. The van der Waals surface area contributed by atoms with Crippen molar-refractivity contribution in [1.82, 2.24) is 9.80 Å². The van der Waals surface area contributed by atoms with Crippen LogP contribution in [0.1, 0.15) is 13.3 Å². The SMILES string of the molecule is CC(=O)N1CC[C@@H](N(C)C)C1. The molecule has 3 heteroatoms. The molecule has 1 atom stereocenters. The summed E-state index contributed by atoms with van der Waals surface area (Å²) in [4.78, 5) is 15.0. The summed E-state index contributed by atoms with van der Waals surface area (Å²) in [6.45, 7) is 3.47. The van der Waals surface area contributed by atoms with Crippen molar-refractivity contribution in [3.05, 3.63) is 0 Å². The van der Waals surface area contributed by atoms with Crippen molar-refractivity contribution < 1.29 is 4.79 Å². The summed E-state index contributed by atoms with van der Waals surface area (Å²) in [5.74, 6) is 0.203. The Kier molecular flexibility index (Phi) is 2.49. The van der Waals surface area contributed by atoms with Gasteiger partial charge in [0.2, 0.25) is 5.91 Å². The van der Waals surface area contributed by atoms with Crippen LogP contribution in [-0.2, 0) is 4.79 Å². The van der Waals surface area contributed by atoms with Crippen LogP contribution in [0.4, 0.5) is 0 Å². The average molecular weight is 156 g/mol. The van der Waals surface area contributed by atoms with E-state index in [2.05, 4.69) is 19.0 Å². The lowest BCUT2D eigenvalue weighted by Crippen LogP contribution is -2.33. The molecule has 0 saturated carbocycles. The summed E-state index contributed by atoms with van der Waals surface area (Å²) >= 11 is 0. The summed E-state index contributed by atoms with van der Waals surface area (Å²) in [6.07, 6.45) is 1.12. The standard InChI is InChI=1S/C8H16N2O/c1-7(11)10-5-4-8(6-10)9(2)3/h8H,4-6H2,1-3H3/t8-/m1/s1. The Labute approximate surface area is 68.0 Å². The molecule has 0 spiro atoms. The molecule has 64 valence electrons. The minimum atomic E-state index is 0.203. The number of hydrogen-bond donors (Lipinski definition) is 0. The molecule has 1 heterocycles. The van der Waals surface area contributed by atoms with Crippen LogP contribution >= 0.6 is 0 Å². The van der Waals surface area contributed by atoms with Crippen molar-refractivity contribution in [2.45, 2.75) is 19.4 Å². The van der Waals surface area contributed by atoms with E-state index < -0.39 is 0 Å². The molecule has 0 radical (unpaired) electrons. The maximum atomic E-state index is 10.9.